The van der Waals surface area contributed by atoms with E-state index >= 15 is 0 Å². The van der Waals surface area contributed by atoms with Crippen molar-refractivity contribution in [2.45, 2.75) is 0 Å². The van der Waals surface area contributed by atoms with Crippen molar-refractivity contribution in [3.8, 4) is 61.3 Å². The summed E-state index contributed by atoms with van der Waals surface area (Å²) in [4.78, 5) is 2.36. The number of para-hydroxylation sites is 3. The quantitative estimate of drug-likeness (QED) is 0.141. The topological polar surface area (TPSA) is 8.17 Å². The second-order valence-electron chi connectivity index (χ2n) is 16.9. The minimum atomic E-state index is 1.08. The summed E-state index contributed by atoms with van der Waals surface area (Å²) in [5.74, 6) is 0. The fourth-order valence-electron chi connectivity index (χ4n) is 9.85. The van der Waals surface area contributed by atoms with E-state index in [1.165, 1.54) is 77.1 Å². The van der Waals surface area contributed by atoms with Crippen LogP contribution >= 0.6 is 0 Å². The Morgan fingerprint density at radius 3 is 1.41 bits per heavy atom. The van der Waals surface area contributed by atoms with Crippen LogP contribution < -0.4 is 4.90 Å². The third-order valence-corrected chi connectivity index (χ3v) is 13.0. The second-order valence-corrected chi connectivity index (χ2v) is 16.9. The van der Waals surface area contributed by atoms with Gasteiger partial charge < -0.3 is 9.47 Å². The van der Waals surface area contributed by atoms with Crippen molar-refractivity contribution in [1.29, 1.82) is 0 Å². The molecule has 0 saturated carbocycles. The Balaban J connectivity index is 0.966. The van der Waals surface area contributed by atoms with E-state index in [4.69, 9.17) is 0 Å². The van der Waals surface area contributed by atoms with Crippen LogP contribution in [0, 0.1) is 0 Å². The van der Waals surface area contributed by atoms with Crippen LogP contribution in [0.5, 0.6) is 0 Å². The van der Waals surface area contributed by atoms with Gasteiger partial charge in [-0.3, -0.25) is 0 Å². The van der Waals surface area contributed by atoms with Gasteiger partial charge in [-0.1, -0.05) is 212 Å². The largest absolute Gasteiger partial charge is 0.311 e. The molecule has 0 saturated heterocycles. The predicted molar refractivity (Wildman–Crippen MR) is 280 cm³/mol. The molecule has 2 nitrogen and oxygen atoms in total. The number of hydrogen-bond acceptors (Lipinski definition) is 1. The Hall–Kier alpha value is -8.72. The Labute approximate surface area is 385 Å². The molecule has 0 bridgehead atoms. The average molecular weight is 841 g/mol. The van der Waals surface area contributed by atoms with Crippen molar-refractivity contribution in [2.75, 3.05) is 4.90 Å². The van der Waals surface area contributed by atoms with Crippen molar-refractivity contribution in [3.63, 3.8) is 0 Å². The number of fused-ring (bicyclic) bond motifs is 4. The molecule has 0 fully saturated rings. The van der Waals surface area contributed by atoms with Gasteiger partial charge in [0.1, 0.15) is 0 Å². The molecule has 0 atom stereocenters. The van der Waals surface area contributed by atoms with Gasteiger partial charge in [0, 0.05) is 39.0 Å². The normalized spacial score (nSPS) is 11.3. The first kappa shape index (κ1) is 38.9. The molecule has 310 valence electrons. The summed E-state index contributed by atoms with van der Waals surface area (Å²) in [6, 6.07) is 96.8. The summed E-state index contributed by atoms with van der Waals surface area (Å²) in [6.45, 7) is 0. The van der Waals surface area contributed by atoms with E-state index < -0.39 is 0 Å². The molecular formula is C64H44N2. The van der Waals surface area contributed by atoms with E-state index in [1.807, 2.05) is 0 Å². The zero-order chi connectivity index (χ0) is 43.8. The van der Waals surface area contributed by atoms with Gasteiger partial charge in [0.2, 0.25) is 0 Å². The Bertz CT molecular complexity index is 3660. The van der Waals surface area contributed by atoms with Crippen LogP contribution in [0.25, 0.3) is 93.9 Å². The van der Waals surface area contributed by atoms with Gasteiger partial charge in [-0.2, -0.15) is 0 Å². The molecule has 1 aromatic heterocycles. The standard InChI is InChI=1S/C64H44N2/c1-3-16-45(17-4-1)47-32-38-53(39-33-47)65(54-40-34-49(35-41-54)57-27-14-21-48-20-7-8-24-56(48)57)55-42-36-50(37-43-55)58-25-9-11-30-62(58)66-63-31-12-10-26-60(63)61-29-15-28-59(64(61)66)52-23-13-22-51(44-52)46-18-5-2-6-19-46/h1-44H. The van der Waals surface area contributed by atoms with Gasteiger partial charge in [0.25, 0.3) is 0 Å². The van der Waals surface area contributed by atoms with Gasteiger partial charge in [-0.25, -0.2) is 0 Å². The summed E-state index contributed by atoms with van der Waals surface area (Å²) >= 11 is 0. The zero-order valence-corrected chi connectivity index (χ0v) is 36.3. The molecule has 0 radical (unpaired) electrons. The Morgan fingerprint density at radius 1 is 0.258 bits per heavy atom. The lowest BCUT2D eigenvalue weighted by Gasteiger charge is -2.26. The van der Waals surface area contributed by atoms with Crippen molar-refractivity contribution in [3.05, 3.63) is 267 Å². The predicted octanol–water partition coefficient (Wildman–Crippen LogP) is 17.7. The SMILES string of the molecule is c1ccc(-c2ccc(N(c3ccc(-c4ccccc4-n4c5ccccc5c5cccc(-c6cccc(-c7ccccc7)c6)c54)cc3)c3ccc(-c4cccc5ccccc45)cc3)cc2)cc1. The molecule has 0 aliphatic heterocycles. The molecule has 1 heterocycles. The lowest BCUT2D eigenvalue weighted by atomic mass is 9.97. The Kier molecular flexibility index (Phi) is 9.89. The van der Waals surface area contributed by atoms with E-state index in [-0.39, 0.29) is 0 Å². The van der Waals surface area contributed by atoms with E-state index in [2.05, 4.69) is 276 Å². The molecule has 0 aliphatic carbocycles. The number of nitrogens with zero attached hydrogens (tertiary/aromatic N) is 2. The van der Waals surface area contributed by atoms with Crippen LogP contribution in [0.1, 0.15) is 0 Å². The summed E-state index contributed by atoms with van der Waals surface area (Å²) in [5.41, 5.74) is 18.7. The number of hydrogen-bond donors (Lipinski definition) is 0. The summed E-state index contributed by atoms with van der Waals surface area (Å²) in [7, 11) is 0. The lowest BCUT2D eigenvalue weighted by Crippen LogP contribution is -2.09. The highest BCUT2D eigenvalue weighted by Crippen LogP contribution is 2.43. The smallest absolute Gasteiger partial charge is 0.0619 e. The van der Waals surface area contributed by atoms with Crippen LogP contribution in [-0.2, 0) is 0 Å². The third-order valence-electron chi connectivity index (χ3n) is 13.0. The maximum Gasteiger partial charge on any atom is 0.0619 e. The minimum absolute atomic E-state index is 1.08. The molecule has 12 rings (SSSR count). The van der Waals surface area contributed by atoms with E-state index in [0.29, 0.717) is 0 Å². The first-order valence-electron chi connectivity index (χ1n) is 22.7. The van der Waals surface area contributed by atoms with Crippen LogP contribution in [0.2, 0.25) is 0 Å². The highest BCUT2D eigenvalue weighted by molar-refractivity contribution is 6.14. The van der Waals surface area contributed by atoms with Gasteiger partial charge >= 0.3 is 0 Å². The molecule has 0 unspecified atom stereocenters. The molecule has 2 heteroatoms. The molecule has 0 N–H and O–H groups in total. The highest BCUT2D eigenvalue weighted by Gasteiger charge is 2.20. The van der Waals surface area contributed by atoms with E-state index in [9.17, 15) is 0 Å². The molecule has 0 aliphatic rings. The lowest BCUT2D eigenvalue weighted by molar-refractivity contribution is 1.18. The van der Waals surface area contributed by atoms with E-state index in [0.717, 1.165) is 33.9 Å². The van der Waals surface area contributed by atoms with Crippen LogP contribution in [0.4, 0.5) is 17.1 Å². The first-order chi connectivity index (χ1) is 32.7. The third kappa shape index (κ3) is 7.02. The van der Waals surface area contributed by atoms with Gasteiger partial charge in [0.05, 0.1) is 16.7 Å². The van der Waals surface area contributed by atoms with Gasteiger partial charge in [0.15, 0.2) is 0 Å². The first-order valence-corrected chi connectivity index (χ1v) is 22.7. The number of aromatic nitrogens is 1. The fraction of sp³-hybridized carbons (Fsp3) is 0. The van der Waals surface area contributed by atoms with Gasteiger partial charge in [-0.05, 0) is 110 Å². The molecule has 66 heavy (non-hydrogen) atoms. The number of anilines is 3. The van der Waals surface area contributed by atoms with Crippen molar-refractivity contribution >= 4 is 49.6 Å². The Morgan fingerprint density at radius 2 is 0.697 bits per heavy atom. The maximum absolute atomic E-state index is 2.48. The molecule has 0 amide bonds. The summed E-state index contributed by atoms with van der Waals surface area (Å²) in [6.07, 6.45) is 0. The molecular weight excluding hydrogens is 797 g/mol. The molecule has 11 aromatic carbocycles. The van der Waals surface area contributed by atoms with Crippen molar-refractivity contribution in [2.24, 2.45) is 0 Å². The molecule has 12 aromatic rings. The summed E-state index contributed by atoms with van der Waals surface area (Å²) < 4.78 is 2.48. The number of benzene rings is 11. The average Bonchev–Trinajstić information content (AvgIpc) is 3.74. The monoisotopic (exact) mass is 840 g/mol. The van der Waals surface area contributed by atoms with E-state index in [1.54, 1.807) is 0 Å². The highest BCUT2D eigenvalue weighted by atomic mass is 15.1. The molecule has 0 spiro atoms. The summed E-state index contributed by atoms with van der Waals surface area (Å²) in [5, 5.41) is 4.97. The second kappa shape index (κ2) is 16.8. The fourth-order valence-corrected chi connectivity index (χ4v) is 9.85. The van der Waals surface area contributed by atoms with Gasteiger partial charge in [-0.15, -0.1) is 0 Å². The maximum atomic E-state index is 2.48. The van der Waals surface area contributed by atoms with Crippen LogP contribution in [0.15, 0.2) is 267 Å². The number of rotatable bonds is 9. The van der Waals surface area contributed by atoms with Crippen LogP contribution in [-0.4, -0.2) is 4.57 Å². The van der Waals surface area contributed by atoms with Crippen LogP contribution in [0.3, 0.4) is 0 Å². The van der Waals surface area contributed by atoms with Crippen molar-refractivity contribution in [1.82, 2.24) is 4.57 Å². The minimum Gasteiger partial charge on any atom is -0.311 e. The zero-order valence-electron chi connectivity index (χ0n) is 36.3. The van der Waals surface area contributed by atoms with Crippen molar-refractivity contribution < 1.29 is 0 Å².